The number of thiazole rings is 1. The van der Waals surface area contributed by atoms with E-state index >= 15 is 0 Å². The summed E-state index contributed by atoms with van der Waals surface area (Å²) < 4.78 is 4.71. The minimum Gasteiger partial charge on any atom is -0.272 e. The SMILES string of the molecule is O=c1c(=Cc2ccccc2)sc2n1C(c1ccc(Br)cc1)C1=C(N=2)C(=Cc2ccc(Br)cc2)CCC1. The lowest BCUT2D eigenvalue weighted by Gasteiger charge is -2.31. The van der Waals surface area contributed by atoms with Crippen LogP contribution in [0.25, 0.3) is 12.2 Å². The molecule has 4 aromatic rings. The van der Waals surface area contributed by atoms with Crippen LogP contribution in [0.3, 0.4) is 0 Å². The number of nitrogens with zero attached hydrogens (tertiary/aromatic N) is 2. The van der Waals surface area contributed by atoms with Gasteiger partial charge < -0.3 is 0 Å². The molecule has 6 heteroatoms. The van der Waals surface area contributed by atoms with E-state index in [0.29, 0.717) is 4.53 Å². The minimum absolute atomic E-state index is 0.0195. The van der Waals surface area contributed by atoms with E-state index in [0.717, 1.165) is 55.4 Å². The Morgan fingerprint density at radius 2 is 1.50 bits per heavy atom. The van der Waals surface area contributed by atoms with Crippen LogP contribution in [0.5, 0.6) is 0 Å². The van der Waals surface area contributed by atoms with Crippen LogP contribution >= 0.6 is 43.2 Å². The molecule has 0 spiro atoms. The van der Waals surface area contributed by atoms with Crippen LogP contribution in [0.4, 0.5) is 0 Å². The quantitative estimate of drug-likeness (QED) is 0.244. The first-order valence-electron chi connectivity index (χ1n) is 11.9. The van der Waals surface area contributed by atoms with Crippen LogP contribution in [0, 0.1) is 0 Å². The zero-order chi connectivity index (χ0) is 24.6. The zero-order valence-corrected chi connectivity index (χ0v) is 23.3. The Labute approximate surface area is 230 Å². The van der Waals surface area contributed by atoms with E-state index in [2.05, 4.69) is 86.5 Å². The van der Waals surface area contributed by atoms with Gasteiger partial charge in [0.25, 0.3) is 5.56 Å². The van der Waals surface area contributed by atoms with Crippen molar-refractivity contribution < 1.29 is 0 Å². The Bertz CT molecular complexity index is 1680. The number of allylic oxidation sites excluding steroid dienone is 2. The lowest BCUT2D eigenvalue weighted by atomic mass is 9.84. The third-order valence-electron chi connectivity index (χ3n) is 6.63. The summed E-state index contributed by atoms with van der Waals surface area (Å²) in [6.45, 7) is 0. The van der Waals surface area contributed by atoms with Gasteiger partial charge in [0.15, 0.2) is 4.80 Å². The van der Waals surface area contributed by atoms with Crippen molar-refractivity contribution in [2.24, 2.45) is 4.99 Å². The monoisotopic (exact) mass is 616 g/mol. The Morgan fingerprint density at radius 1 is 0.833 bits per heavy atom. The lowest BCUT2D eigenvalue weighted by molar-refractivity contribution is 0.553. The van der Waals surface area contributed by atoms with Gasteiger partial charge in [0.05, 0.1) is 16.3 Å². The number of aromatic nitrogens is 1. The van der Waals surface area contributed by atoms with Gasteiger partial charge in [0.2, 0.25) is 0 Å². The molecule has 1 aromatic heterocycles. The standard InChI is InChI=1S/C30H22Br2N2OS/c31-23-13-9-20(10-14-23)17-22-7-4-8-25-27(22)33-30-34(28(25)21-11-15-24(32)16-12-21)29(35)26(36-30)18-19-5-2-1-3-6-19/h1-3,5-6,9-18,28H,4,7-8H2. The Hall–Kier alpha value is -2.80. The molecule has 2 aliphatic rings. The summed E-state index contributed by atoms with van der Waals surface area (Å²) in [7, 11) is 0. The summed E-state index contributed by atoms with van der Waals surface area (Å²) in [5, 5.41) is 0. The van der Waals surface area contributed by atoms with Crippen LogP contribution in [0.15, 0.2) is 114 Å². The van der Waals surface area contributed by atoms with Crippen molar-refractivity contribution in [3.8, 4) is 0 Å². The van der Waals surface area contributed by atoms with Gasteiger partial charge in [-0.15, -0.1) is 0 Å². The van der Waals surface area contributed by atoms with E-state index in [9.17, 15) is 4.79 Å². The van der Waals surface area contributed by atoms with Crippen molar-refractivity contribution in [1.29, 1.82) is 0 Å². The maximum atomic E-state index is 13.8. The highest BCUT2D eigenvalue weighted by Crippen LogP contribution is 2.41. The summed E-state index contributed by atoms with van der Waals surface area (Å²) in [6, 6.07) is 26.6. The molecule has 2 heterocycles. The Balaban J connectivity index is 1.58. The van der Waals surface area contributed by atoms with Crippen molar-refractivity contribution in [2.45, 2.75) is 25.3 Å². The molecule has 0 N–H and O–H groups in total. The summed E-state index contributed by atoms with van der Waals surface area (Å²) in [4.78, 5) is 19.7. The highest BCUT2D eigenvalue weighted by molar-refractivity contribution is 9.10. The number of hydrogen-bond donors (Lipinski definition) is 0. The fourth-order valence-electron chi connectivity index (χ4n) is 4.96. The van der Waals surface area contributed by atoms with Gasteiger partial charge in [-0.05, 0) is 83.5 Å². The molecule has 0 bridgehead atoms. The second kappa shape index (κ2) is 9.92. The molecule has 6 rings (SSSR count). The molecule has 0 saturated carbocycles. The van der Waals surface area contributed by atoms with E-state index in [-0.39, 0.29) is 11.6 Å². The van der Waals surface area contributed by atoms with Crippen molar-refractivity contribution in [3.63, 3.8) is 0 Å². The number of hydrogen-bond acceptors (Lipinski definition) is 3. The third-order valence-corrected chi connectivity index (χ3v) is 8.67. The molecule has 36 heavy (non-hydrogen) atoms. The first-order valence-corrected chi connectivity index (χ1v) is 14.3. The topological polar surface area (TPSA) is 34.4 Å². The van der Waals surface area contributed by atoms with Crippen molar-refractivity contribution in [3.05, 3.63) is 141 Å². The molecule has 3 aromatic carbocycles. The molecular formula is C30H22Br2N2OS. The molecule has 1 atom stereocenters. The second-order valence-corrected chi connectivity index (χ2v) is 11.8. The molecule has 0 radical (unpaired) electrons. The zero-order valence-electron chi connectivity index (χ0n) is 19.3. The highest BCUT2D eigenvalue weighted by atomic mass is 79.9. The predicted molar refractivity (Wildman–Crippen MR) is 155 cm³/mol. The molecule has 1 unspecified atom stereocenters. The van der Waals surface area contributed by atoms with Crippen molar-refractivity contribution in [1.82, 2.24) is 4.57 Å². The summed E-state index contributed by atoms with van der Waals surface area (Å²) in [6.07, 6.45) is 7.17. The number of rotatable bonds is 3. The average molecular weight is 618 g/mol. The first kappa shape index (κ1) is 23.6. The minimum atomic E-state index is -0.157. The van der Waals surface area contributed by atoms with E-state index < -0.39 is 0 Å². The smallest absolute Gasteiger partial charge is 0.271 e. The molecule has 3 nitrogen and oxygen atoms in total. The molecule has 178 valence electrons. The third kappa shape index (κ3) is 4.54. The van der Waals surface area contributed by atoms with E-state index in [1.54, 1.807) is 0 Å². The van der Waals surface area contributed by atoms with E-state index in [1.165, 1.54) is 22.5 Å². The van der Waals surface area contributed by atoms with Crippen LogP contribution in [-0.2, 0) is 0 Å². The molecule has 1 aliphatic carbocycles. The fraction of sp³-hybridized carbons (Fsp3) is 0.133. The molecular weight excluding hydrogens is 596 g/mol. The van der Waals surface area contributed by atoms with Gasteiger partial charge in [-0.1, -0.05) is 97.8 Å². The number of benzene rings is 3. The van der Waals surface area contributed by atoms with E-state index in [1.807, 2.05) is 41.0 Å². The van der Waals surface area contributed by atoms with Gasteiger partial charge in [0, 0.05) is 8.95 Å². The number of halogens is 2. The first-order chi connectivity index (χ1) is 17.6. The predicted octanol–water partition coefficient (Wildman–Crippen LogP) is 7.01. The normalized spacial score (nSPS) is 18.7. The summed E-state index contributed by atoms with van der Waals surface area (Å²) in [5.74, 6) is 0. The molecule has 0 fully saturated rings. The maximum absolute atomic E-state index is 13.8. The largest absolute Gasteiger partial charge is 0.272 e. The highest BCUT2D eigenvalue weighted by Gasteiger charge is 2.32. The van der Waals surface area contributed by atoms with Gasteiger partial charge in [-0.2, -0.15) is 0 Å². The summed E-state index contributed by atoms with van der Waals surface area (Å²) >= 11 is 8.57. The van der Waals surface area contributed by atoms with E-state index in [4.69, 9.17) is 4.99 Å². The molecule has 0 saturated heterocycles. The lowest BCUT2D eigenvalue weighted by Crippen LogP contribution is -2.39. The second-order valence-electron chi connectivity index (χ2n) is 8.99. The number of fused-ring (bicyclic) bond motifs is 1. The van der Waals surface area contributed by atoms with Gasteiger partial charge in [-0.3, -0.25) is 9.36 Å². The Kier molecular flexibility index (Phi) is 6.50. The Morgan fingerprint density at radius 3 is 2.22 bits per heavy atom. The molecule has 0 amide bonds. The van der Waals surface area contributed by atoms with Gasteiger partial charge in [0.1, 0.15) is 0 Å². The van der Waals surface area contributed by atoms with Crippen molar-refractivity contribution >= 4 is 55.3 Å². The van der Waals surface area contributed by atoms with Crippen LogP contribution < -0.4 is 14.9 Å². The van der Waals surface area contributed by atoms with Gasteiger partial charge >= 0.3 is 0 Å². The van der Waals surface area contributed by atoms with Crippen LogP contribution in [0.1, 0.15) is 42.0 Å². The molecule has 1 aliphatic heterocycles. The van der Waals surface area contributed by atoms with Gasteiger partial charge in [-0.25, -0.2) is 4.99 Å². The van der Waals surface area contributed by atoms with Crippen LogP contribution in [-0.4, -0.2) is 4.57 Å². The fourth-order valence-corrected chi connectivity index (χ4v) is 6.49. The van der Waals surface area contributed by atoms with Crippen LogP contribution in [0.2, 0.25) is 0 Å². The maximum Gasteiger partial charge on any atom is 0.271 e. The summed E-state index contributed by atoms with van der Waals surface area (Å²) in [5.41, 5.74) is 6.81. The van der Waals surface area contributed by atoms with Crippen molar-refractivity contribution in [2.75, 3.05) is 0 Å². The average Bonchev–Trinajstić information content (AvgIpc) is 3.20.